The molecule has 0 rings (SSSR count). The summed E-state index contributed by atoms with van der Waals surface area (Å²) in [6.45, 7) is 6.20. The van der Waals surface area contributed by atoms with Crippen molar-refractivity contribution in [1.29, 1.82) is 0 Å². The van der Waals surface area contributed by atoms with E-state index in [2.05, 4.69) is 4.74 Å². The summed E-state index contributed by atoms with van der Waals surface area (Å²) in [7, 11) is 0. The second-order valence-electron chi connectivity index (χ2n) is 2.80. The van der Waals surface area contributed by atoms with Crippen molar-refractivity contribution in [3.05, 3.63) is 0 Å². The maximum atomic E-state index is 13.2. The summed E-state index contributed by atoms with van der Waals surface area (Å²) < 4.78 is 28.0. The van der Waals surface area contributed by atoms with Crippen LogP contribution in [-0.4, -0.2) is 38.3 Å². The van der Waals surface area contributed by atoms with Gasteiger partial charge in [0, 0.05) is 19.6 Å². The molecule has 5 heteroatoms. The number of carbonyl (C=O) groups is 1. The number of hydrogen-bond acceptors (Lipinski definition) is 4. The topological polar surface area (TPSA) is 44.8 Å². The van der Waals surface area contributed by atoms with Crippen molar-refractivity contribution in [2.24, 2.45) is 0 Å². The number of rotatable bonds is 8. The molecule has 0 fully saturated rings. The number of hydrogen-bond donors (Lipinski definition) is 0. The van der Waals surface area contributed by atoms with Crippen molar-refractivity contribution < 1.29 is 23.4 Å². The first-order valence-corrected chi connectivity index (χ1v) is 5.19. The van der Waals surface area contributed by atoms with Gasteiger partial charge in [-0.2, -0.15) is 0 Å². The number of esters is 1. The monoisotopic (exact) mass is 222 g/mol. The zero-order chi connectivity index (χ0) is 11.7. The standard InChI is InChI=1S/C10H19FO4/c1-4-13-9(14-5-2)7-8(11)10(12)15-6-3/h8-9H,4-7H2,1-3H3. The van der Waals surface area contributed by atoms with Crippen LogP contribution in [0.1, 0.15) is 27.2 Å². The van der Waals surface area contributed by atoms with Crippen LogP contribution >= 0.6 is 0 Å². The molecule has 0 aromatic rings. The van der Waals surface area contributed by atoms with Crippen LogP contribution in [0.25, 0.3) is 0 Å². The Balaban J connectivity index is 3.96. The fraction of sp³-hybridized carbons (Fsp3) is 0.900. The summed E-state index contributed by atoms with van der Waals surface area (Å²) in [4.78, 5) is 11.0. The Bertz CT molecular complexity index is 169. The molecule has 0 saturated carbocycles. The highest BCUT2D eigenvalue weighted by Gasteiger charge is 2.24. The predicted molar refractivity (Wildman–Crippen MR) is 53.2 cm³/mol. The molecule has 0 aromatic heterocycles. The van der Waals surface area contributed by atoms with Gasteiger partial charge < -0.3 is 14.2 Å². The number of alkyl halides is 1. The molecule has 0 radical (unpaired) electrons. The van der Waals surface area contributed by atoms with Crippen molar-refractivity contribution in [3.8, 4) is 0 Å². The zero-order valence-electron chi connectivity index (χ0n) is 9.49. The van der Waals surface area contributed by atoms with E-state index in [1.165, 1.54) is 0 Å². The summed E-state index contributed by atoms with van der Waals surface area (Å²) in [6, 6.07) is 0. The number of halogens is 1. The van der Waals surface area contributed by atoms with Gasteiger partial charge in [-0.15, -0.1) is 0 Å². The molecule has 0 aliphatic rings. The lowest BCUT2D eigenvalue weighted by Gasteiger charge is -2.18. The summed E-state index contributed by atoms with van der Waals surface area (Å²) in [5, 5.41) is 0. The minimum Gasteiger partial charge on any atom is -0.464 e. The summed E-state index contributed by atoms with van der Waals surface area (Å²) >= 11 is 0. The molecular weight excluding hydrogens is 203 g/mol. The average molecular weight is 222 g/mol. The van der Waals surface area contributed by atoms with Gasteiger partial charge in [0.05, 0.1) is 6.61 Å². The van der Waals surface area contributed by atoms with Crippen LogP contribution in [0.5, 0.6) is 0 Å². The molecule has 1 atom stereocenters. The molecule has 0 saturated heterocycles. The average Bonchev–Trinajstić information content (AvgIpc) is 2.18. The molecule has 0 aliphatic heterocycles. The van der Waals surface area contributed by atoms with Crippen molar-refractivity contribution in [2.75, 3.05) is 19.8 Å². The van der Waals surface area contributed by atoms with Crippen LogP contribution in [0, 0.1) is 0 Å². The summed E-state index contributed by atoms with van der Waals surface area (Å²) in [5.74, 6) is -0.859. The Kier molecular flexibility index (Phi) is 8.22. The normalized spacial score (nSPS) is 12.9. The van der Waals surface area contributed by atoms with E-state index >= 15 is 0 Å². The van der Waals surface area contributed by atoms with Gasteiger partial charge >= 0.3 is 5.97 Å². The van der Waals surface area contributed by atoms with Crippen molar-refractivity contribution in [1.82, 2.24) is 0 Å². The van der Waals surface area contributed by atoms with Crippen LogP contribution in [0.4, 0.5) is 4.39 Å². The predicted octanol–water partition coefficient (Wildman–Crippen LogP) is 1.68. The minimum atomic E-state index is -1.69. The largest absolute Gasteiger partial charge is 0.464 e. The molecule has 0 bridgehead atoms. The van der Waals surface area contributed by atoms with E-state index in [4.69, 9.17) is 9.47 Å². The maximum Gasteiger partial charge on any atom is 0.340 e. The molecule has 0 aliphatic carbocycles. The molecule has 4 nitrogen and oxygen atoms in total. The number of ether oxygens (including phenoxy) is 3. The molecule has 1 unspecified atom stereocenters. The van der Waals surface area contributed by atoms with E-state index in [1.807, 2.05) is 0 Å². The Labute approximate surface area is 89.7 Å². The third kappa shape index (κ3) is 6.41. The van der Waals surface area contributed by atoms with Crippen LogP contribution in [0.3, 0.4) is 0 Å². The summed E-state index contributed by atoms with van der Waals surface area (Å²) in [6.07, 6.45) is -2.49. The molecular formula is C10H19FO4. The van der Waals surface area contributed by atoms with Gasteiger partial charge in [-0.1, -0.05) is 0 Å². The lowest BCUT2D eigenvalue weighted by molar-refractivity contribution is -0.166. The number of carbonyl (C=O) groups excluding carboxylic acids is 1. The molecule has 0 spiro atoms. The Morgan fingerprint density at radius 2 is 1.67 bits per heavy atom. The minimum absolute atomic E-state index is 0.124. The lowest BCUT2D eigenvalue weighted by Crippen LogP contribution is -2.28. The van der Waals surface area contributed by atoms with Crippen molar-refractivity contribution in [3.63, 3.8) is 0 Å². The second kappa shape index (κ2) is 8.61. The van der Waals surface area contributed by atoms with Gasteiger partial charge in [0.2, 0.25) is 6.17 Å². The van der Waals surface area contributed by atoms with Crippen LogP contribution in [0.15, 0.2) is 0 Å². The van der Waals surface area contributed by atoms with Crippen molar-refractivity contribution >= 4 is 5.97 Å². The molecule has 0 amide bonds. The van der Waals surface area contributed by atoms with Gasteiger partial charge in [-0.05, 0) is 20.8 Å². The lowest BCUT2D eigenvalue weighted by atomic mass is 10.2. The third-order valence-corrected chi connectivity index (χ3v) is 1.65. The van der Waals surface area contributed by atoms with Gasteiger partial charge in [0.15, 0.2) is 6.29 Å². The summed E-state index contributed by atoms with van der Waals surface area (Å²) in [5.41, 5.74) is 0. The Morgan fingerprint density at radius 3 is 2.07 bits per heavy atom. The quantitative estimate of drug-likeness (QED) is 0.463. The molecule has 0 aromatic carbocycles. The first-order valence-electron chi connectivity index (χ1n) is 5.19. The second-order valence-corrected chi connectivity index (χ2v) is 2.80. The third-order valence-electron chi connectivity index (χ3n) is 1.65. The fourth-order valence-electron chi connectivity index (χ4n) is 1.05. The van der Waals surface area contributed by atoms with E-state index in [9.17, 15) is 9.18 Å². The van der Waals surface area contributed by atoms with Crippen LogP contribution in [0.2, 0.25) is 0 Å². The van der Waals surface area contributed by atoms with Gasteiger partial charge in [0.1, 0.15) is 0 Å². The Hall–Kier alpha value is -0.680. The van der Waals surface area contributed by atoms with Gasteiger partial charge in [-0.25, -0.2) is 9.18 Å². The molecule has 0 N–H and O–H groups in total. The smallest absolute Gasteiger partial charge is 0.340 e. The van der Waals surface area contributed by atoms with Gasteiger partial charge in [-0.3, -0.25) is 0 Å². The SMILES string of the molecule is CCOC(=O)C(F)CC(OCC)OCC. The fourth-order valence-corrected chi connectivity index (χ4v) is 1.05. The first-order chi connectivity index (χ1) is 7.15. The zero-order valence-corrected chi connectivity index (χ0v) is 9.49. The van der Waals surface area contributed by atoms with E-state index < -0.39 is 18.4 Å². The van der Waals surface area contributed by atoms with E-state index in [-0.39, 0.29) is 13.0 Å². The Morgan fingerprint density at radius 1 is 1.13 bits per heavy atom. The van der Waals surface area contributed by atoms with E-state index in [1.54, 1.807) is 20.8 Å². The highest BCUT2D eigenvalue weighted by Crippen LogP contribution is 2.09. The van der Waals surface area contributed by atoms with E-state index in [0.29, 0.717) is 13.2 Å². The maximum absolute atomic E-state index is 13.2. The highest BCUT2D eigenvalue weighted by molar-refractivity contribution is 5.74. The molecule has 15 heavy (non-hydrogen) atoms. The van der Waals surface area contributed by atoms with Crippen LogP contribution < -0.4 is 0 Å². The highest BCUT2D eigenvalue weighted by atomic mass is 19.1. The molecule has 90 valence electrons. The first kappa shape index (κ1) is 14.3. The van der Waals surface area contributed by atoms with Gasteiger partial charge in [0.25, 0.3) is 0 Å². The van der Waals surface area contributed by atoms with E-state index in [0.717, 1.165) is 0 Å². The van der Waals surface area contributed by atoms with Crippen LogP contribution in [-0.2, 0) is 19.0 Å². The van der Waals surface area contributed by atoms with Crippen molar-refractivity contribution in [2.45, 2.75) is 39.7 Å². The molecule has 0 heterocycles.